The number of carbonyl (C=O) groups is 1. The number of aliphatic carboxylic acids is 1. The average molecular weight is 303 g/mol. The first-order valence-electron chi connectivity index (χ1n) is 6.36. The standard InChI is InChI=1S/C12H21N3O4S/c1-6-8(2)15(7-11(16)17)20(18,19)12-9(3)13-14(5)10(12)4/h8H,6-7H2,1-5H3,(H,16,17). The van der Waals surface area contributed by atoms with Crippen LogP contribution in [-0.2, 0) is 21.9 Å². The molecule has 0 amide bonds. The van der Waals surface area contributed by atoms with Gasteiger partial charge in [-0.3, -0.25) is 9.48 Å². The topological polar surface area (TPSA) is 92.5 Å². The monoisotopic (exact) mass is 303 g/mol. The third kappa shape index (κ3) is 3.01. The summed E-state index contributed by atoms with van der Waals surface area (Å²) in [6.45, 7) is 6.22. The number of hydrogen-bond acceptors (Lipinski definition) is 4. The third-order valence-corrected chi connectivity index (χ3v) is 5.60. The number of hydrogen-bond donors (Lipinski definition) is 1. The lowest BCUT2D eigenvalue weighted by Crippen LogP contribution is -2.42. The van der Waals surface area contributed by atoms with Gasteiger partial charge >= 0.3 is 5.97 Å². The van der Waals surface area contributed by atoms with E-state index in [-0.39, 0.29) is 4.90 Å². The molecule has 0 aliphatic carbocycles. The van der Waals surface area contributed by atoms with Crippen LogP contribution >= 0.6 is 0 Å². The van der Waals surface area contributed by atoms with Gasteiger partial charge in [0, 0.05) is 13.1 Å². The first kappa shape index (κ1) is 16.6. The van der Waals surface area contributed by atoms with Crippen molar-refractivity contribution in [2.75, 3.05) is 6.54 Å². The van der Waals surface area contributed by atoms with Crippen LogP contribution in [0.25, 0.3) is 0 Å². The Morgan fingerprint density at radius 3 is 2.35 bits per heavy atom. The van der Waals surface area contributed by atoms with E-state index in [0.717, 1.165) is 4.31 Å². The van der Waals surface area contributed by atoms with Gasteiger partial charge in [-0.1, -0.05) is 6.92 Å². The molecule has 0 radical (unpaired) electrons. The van der Waals surface area contributed by atoms with E-state index in [1.165, 1.54) is 4.68 Å². The minimum atomic E-state index is -3.88. The van der Waals surface area contributed by atoms with Crippen molar-refractivity contribution in [2.45, 2.75) is 45.1 Å². The van der Waals surface area contributed by atoms with Crippen molar-refractivity contribution in [1.29, 1.82) is 0 Å². The molecule has 1 aromatic rings. The molecule has 8 heteroatoms. The van der Waals surface area contributed by atoms with Gasteiger partial charge in [-0.25, -0.2) is 8.42 Å². The number of sulfonamides is 1. The fraction of sp³-hybridized carbons (Fsp3) is 0.667. The maximum Gasteiger partial charge on any atom is 0.318 e. The van der Waals surface area contributed by atoms with E-state index in [0.29, 0.717) is 17.8 Å². The van der Waals surface area contributed by atoms with Crippen molar-refractivity contribution >= 4 is 16.0 Å². The number of aromatic nitrogens is 2. The van der Waals surface area contributed by atoms with Gasteiger partial charge in [0.2, 0.25) is 10.0 Å². The highest BCUT2D eigenvalue weighted by atomic mass is 32.2. The number of carboxylic acids is 1. The predicted octanol–water partition coefficient (Wildman–Crippen LogP) is 0.911. The van der Waals surface area contributed by atoms with Crippen LogP contribution < -0.4 is 0 Å². The van der Waals surface area contributed by atoms with Gasteiger partial charge in [0.05, 0.1) is 11.4 Å². The summed E-state index contributed by atoms with van der Waals surface area (Å²) in [4.78, 5) is 11.1. The van der Waals surface area contributed by atoms with Crippen LogP contribution in [0.5, 0.6) is 0 Å². The average Bonchev–Trinajstić information content (AvgIpc) is 2.59. The Morgan fingerprint density at radius 1 is 1.45 bits per heavy atom. The normalized spacial score (nSPS) is 13.7. The van der Waals surface area contributed by atoms with E-state index in [1.807, 2.05) is 6.92 Å². The Balaban J connectivity index is 3.40. The van der Waals surface area contributed by atoms with E-state index >= 15 is 0 Å². The predicted molar refractivity (Wildman–Crippen MR) is 74.0 cm³/mol. The fourth-order valence-corrected chi connectivity index (χ4v) is 4.12. The van der Waals surface area contributed by atoms with Gasteiger partial charge in [-0.05, 0) is 27.2 Å². The molecule has 1 unspecified atom stereocenters. The van der Waals surface area contributed by atoms with E-state index in [1.54, 1.807) is 27.8 Å². The molecule has 20 heavy (non-hydrogen) atoms. The van der Waals surface area contributed by atoms with Gasteiger partial charge in [0.15, 0.2) is 0 Å². The number of carboxylic acid groups (broad SMARTS) is 1. The minimum Gasteiger partial charge on any atom is -0.480 e. The summed E-state index contributed by atoms with van der Waals surface area (Å²) in [5, 5.41) is 13.0. The van der Waals surface area contributed by atoms with Crippen LogP contribution in [0.4, 0.5) is 0 Å². The highest BCUT2D eigenvalue weighted by molar-refractivity contribution is 7.89. The summed E-state index contributed by atoms with van der Waals surface area (Å²) in [6, 6.07) is -0.393. The molecule has 0 aromatic carbocycles. The molecule has 114 valence electrons. The second kappa shape index (κ2) is 5.92. The quantitative estimate of drug-likeness (QED) is 0.843. The molecule has 0 saturated carbocycles. The van der Waals surface area contributed by atoms with Crippen LogP contribution in [0.2, 0.25) is 0 Å². The Bertz CT molecular complexity index is 606. The zero-order valence-electron chi connectivity index (χ0n) is 12.4. The summed E-state index contributed by atoms with van der Waals surface area (Å²) in [7, 11) is -2.22. The second-order valence-electron chi connectivity index (χ2n) is 4.82. The van der Waals surface area contributed by atoms with E-state index in [9.17, 15) is 13.2 Å². The zero-order valence-corrected chi connectivity index (χ0v) is 13.2. The number of nitrogens with zero attached hydrogens (tertiary/aromatic N) is 3. The zero-order chi connectivity index (χ0) is 15.7. The summed E-state index contributed by atoms with van der Waals surface area (Å²) < 4.78 is 28.0. The summed E-state index contributed by atoms with van der Waals surface area (Å²) in [5.41, 5.74) is 0.880. The molecule has 1 aromatic heterocycles. The van der Waals surface area contributed by atoms with E-state index in [2.05, 4.69) is 5.10 Å². The summed E-state index contributed by atoms with van der Waals surface area (Å²) in [6.07, 6.45) is 0.533. The van der Waals surface area contributed by atoms with Gasteiger partial charge in [-0.15, -0.1) is 0 Å². The lowest BCUT2D eigenvalue weighted by molar-refractivity contribution is -0.137. The maximum atomic E-state index is 12.7. The van der Waals surface area contributed by atoms with Crippen molar-refractivity contribution < 1.29 is 18.3 Å². The van der Waals surface area contributed by atoms with Crippen LogP contribution in [0.1, 0.15) is 31.7 Å². The van der Waals surface area contributed by atoms with Crippen LogP contribution in [0.15, 0.2) is 4.90 Å². The minimum absolute atomic E-state index is 0.0987. The first-order valence-corrected chi connectivity index (χ1v) is 7.80. The molecule has 0 bridgehead atoms. The summed E-state index contributed by atoms with van der Waals surface area (Å²) >= 11 is 0. The highest BCUT2D eigenvalue weighted by Crippen LogP contribution is 2.25. The van der Waals surface area contributed by atoms with Gasteiger partial charge < -0.3 is 5.11 Å². The molecular formula is C12H21N3O4S. The van der Waals surface area contributed by atoms with E-state index in [4.69, 9.17) is 5.11 Å². The molecule has 0 spiro atoms. The lowest BCUT2D eigenvalue weighted by Gasteiger charge is -2.26. The number of aryl methyl sites for hydroxylation is 2. The second-order valence-corrected chi connectivity index (χ2v) is 6.65. The molecule has 0 aliphatic heterocycles. The maximum absolute atomic E-state index is 12.7. The third-order valence-electron chi connectivity index (χ3n) is 3.38. The van der Waals surface area contributed by atoms with Crippen molar-refractivity contribution in [1.82, 2.24) is 14.1 Å². The Labute approximate surface area is 119 Å². The Hall–Kier alpha value is -1.41. The van der Waals surface area contributed by atoms with Crippen molar-refractivity contribution in [3.63, 3.8) is 0 Å². The molecule has 1 N–H and O–H groups in total. The Morgan fingerprint density at radius 2 is 2.00 bits per heavy atom. The fourth-order valence-electron chi connectivity index (χ4n) is 2.06. The molecule has 1 atom stereocenters. The molecule has 1 heterocycles. The Kier molecular flexibility index (Phi) is 4.93. The SMILES string of the molecule is CCC(C)N(CC(=O)O)S(=O)(=O)c1c(C)nn(C)c1C. The van der Waals surface area contributed by atoms with Gasteiger partial charge in [0.1, 0.15) is 11.4 Å². The van der Waals surface area contributed by atoms with Crippen molar-refractivity contribution in [2.24, 2.45) is 7.05 Å². The smallest absolute Gasteiger partial charge is 0.318 e. The summed E-state index contributed by atoms with van der Waals surface area (Å²) in [5.74, 6) is -1.17. The molecule has 0 saturated heterocycles. The highest BCUT2D eigenvalue weighted by Gasteiger charge is 2.34. The van der Waals surface area contributed by atoms with Crippen LogP contribution in [0, 0.1) is 13.8 Å². The molecule has 0 aliphatic rings. The van der Waals surface area contributed by atoms with Gasteiger partial charge in [-0.2, -0.15) is 9.40 Å². The lowest BCUT2D eigenvalue weighted by atomic mass is 10.2. The number of rotatable bonds is 6. The van der Waals surface area contributed by atoms with Crippen molar-refractivity contribution in [3.8, 4) is 0 Å². The van der Waals surface area contributed by atoms with Crippen LogP contribution in [-0.4, -0.2) is 46.2 Å². The van der Waals surface area contributed by atoms with Crippen LogP contribution in [0.3, 0.4) is 0 Å². The largest absolute Gasteiger partial charge is 0.480 e. The molecule has 7 nitrogen and oxygen atoms in total. The van der Waals surface area contributed by atoms with E-state index < -0.39 is 28.6 Å². The van der Waals surface area contributed by atoms with Crippen molar-refractivity contribution in [3.05, 3.63) is 11.4 Å². The molecular weight excluding hydrogens is 282 g/mol. The molecule has 1 rings (SSSR count). The van der Waals surface area contributed by atoms with Gasteiger partial charge in [0.25, 0.3) is 0 Å². The first-order chi connectivity index (χ1) is 9.12. The molecule has 0 fully saturated rings.